The number of fused-ring (bicyclic) bond motifs is 1. The number of carbonyl (C=O) groups excluding carboxylic acids is 1. The molecule has 7 heteroatoms. The molecule has 0 unspecified atom stereocenters. The van der Waals surface area contributed by atoms with E-state index in [9.17, 15) is 4.79 Å². The molecule has 5 rings (SSSR count). The van der Waals surface area contributed by atoms with E-state index >= 15 is 0 Å². The van der Waals surface area contributed by atoms with E-state index in [4.69, 9.17) is 13.9 Å². The maximum Gasteiger partial charge on any atom is 0.322 e. The highest BCUT2D eigenvalue weighted by Crippen LogP contribution is 2.35. The first-order valence-electron chi connectivity index (χ1n) is 9.42. The number of nitrogens with one attached hydrogen (secondary N) is 1. The summed E-state index contributed by atoms with van der Waals surface area (Å²) in [7, 11) is 0. The zero-order valence-corrected chi connectivity index (χ0v) is 15.9. The topological polar surface area (TPSA) is 86.5 Å². The van der Waals surface area contributed by atoms with Crippen molar-refractivity contribution in [1.82, 2.24) is 10.2 Å². The molecule has 1 N–H and O–H groups in total. The molecule has 0 saturated carbocycles. The lowest BCUT2D eigenvalue weighted by atomic mass is 10.0. The first-order chi connectivity index (χ1) is 14.7. The van der Waals surface area contributed by atoms with Crippen LogP contribution in [0.25, 0.3) is 22.6 Å². The number of anilines is 1. The van der Waals surface area contributed by atoms with Crippen molar-refractivity contribution in [2.45, 2.75) is 6.42 Å². The predicted molar refractivity (Wildman–Crippen MR) is 110 cm³/mol. The number of ether oxygens (including phenoxy) is 2. The Labute approximate surface area is 172 Å². The minimum atomic E-state index is -0.233. The first-order valence-corrected chi connectivity index (χ1v) is 9.42. The van der Waals surface area contributed by atoms with E-state index in [1.54, 1.807) is 18.2 Å². The lowest BCUT2D eigenvalue weighted by Gasteiger charge is -2.04. The zero-order valence-electron chi connectivity index (χ0n) is 15.9. The number of aromatic nitrogens is 2. The third-order valence-electron chi connectivity index (χ3n) is 4.72. The molecule has 0 aliphatic carbocycles. The second kappa shape index (κ2) is 7.71. The molecule has 1 aliphatic rings. The molecule has 2 heterocycles. The van der Waals surface area contributed by atoms with Crippen LogP contribution in [0, 0.1) is 0 Å². The summed E-state index contributed by atoms with van der Waals surface area (Å²) in [6.45, 7) is 0.191. The zero-order chi connectivity index (χ0) is 20.3. The van der Waals surface area contributed by atoms with Crippen molar-refractivity contribution < 1.29 is 18.7 Å². The van der Waals surface area contributed by atoms with Crippen molar-refractivity contribution in [2.75, 3.05) is 12.1 Å². The van der Waals surface area contributed by atoms with Crippen LogP contribution in [0.1, 0.15) is 5.56 Å². The van der Waals surface area contributed by atoms with E-state index in [2.05, 4.69) is 27.6 Å². The summed E-state index contributed by atoms with van der Waals surface area (Å²) in [5.74, 6) is 1.35. The average Bonchev–Trinajstić information content (AvgIpc) is 3.43. The lowest BCUT2D eigenvalue weighted by molar-refractivity contribution is -0.115. The highest BCUT2D eigenvalue weighted by molar-refractivity contribution is 5.90. The highest BCUT2D eigenvalue weighted by Gasteiger charge is 2.17. The van der Waals surface area contributed by atoms with E-state index < -0.39 is 0 Å². The average molecular weight is 399 g/mol. The molecule has 30 heavy (non-hydrogen) atoms. The predicted octanol–water partition coefficient (Wildman–Crippen LogP) is 4.31. The molecule has 0 saturated heterocycles. The molecular weight excluding hydrogens is 382 g/mol. The SMILES string of the molecule is O=C(Cc1ccc(-c2ccccc2)cc1)Nc1nnc(-c2ccc3c(c2)OCO3)o1. The number of benzene rings is 3. The number of rotatable bonds is 5. The van der Waals surface area contributed by atoms with Gasteiger partial charge in [0.2, 0.25) is 18.6 Å². The normalized spacial score (nSPS) is 12.0. The van der Waals surface area contributed by atoms with Gasteiger partial charge in [-0.1, -0.05) is 59.7 Å². The third kappa shape index (κ3) is 3.73. The Morgan fingerprint density at radius 3 is 2.40 bits per heavy atom. The van der Waals surface area contributed by atoms with Gasteiger partial charge in [-0.2, -0.15) is 0 Å². The van der Waals surface area contributed by atoms with Crippen LogP contribution >= 0.6 is 0 Å². The summed E-state index contributed by atoms with van der Waals surface area (Å²) >= 11 is 0. The monoisotopic (exact) mass is 399 g/mol. The molecule has 4 aromatic rings. The fourth-order valence-corrected chi connectivity index (χ4v) is 3.21. The molecule has 148 valence electrons. The van der Waals surface area contributed by atoms with Crippen molar-refractivity contribution in [3.05, 3.63) is 78.4 Å². The quantitative estimate of drug-likeness (QED) is 0.538. The summed E-state index contributed by atoms with van der Waals surface area (Å²) in [5, 5.41) is 10.5. The van der Waals surface area contributed by atoms with E-state index in [1.807, 2.05) is 42.5 Å². The molecule has 0 spiro atoms. The molecule has 0 fully saturated rings. The minimum absolute atomic E-state index is 0.0496. The molecule has 7 nitrogen and oxygen atoms in total. The van der Waals surface area contributed by atoms with Crippen molar-refractivity contribution in [3.8, 4) is 34.1 Å². The van der Waals surface area contributed by atoms with Gasteiger partial charge in [0.05, 0.1) is 6.42 Å². The fourth-order valence-electron chi connectivity index (χ4n) is 3.21. The van der Waals surface area contributed by atoms with Crippen LogP contribution in [0.5, 0.6) is 11.5 Å². The Balaban J connectivity index is 1.23. The highest BCUT2D eigenvalue weighted by atomic mass is 16.7. The maximum atomic E-state index is 12.4. The van der Waals surface area contributed by atoms with E-state index in [1.165, 1.54) is 0 Å². The largest absolute Gasteiger partial charge is 0.454 e. The lowest BCUT2D eigenvalue weighted by Crippen LogP contribution is -2.14. The summed E-state index contributed by atoms with van der Waals surface area (Å²) in [4.78, 5) is 12.4. The van der Waals surface area contributed by atoms with Gasteiger partial charge in [0.25, 0.3) is 0 Å². The Bertz CT molecular complexity index is 1190. The summed E-state index contributed by atoms with van der Waals surface area (Å²) < 4.78 is 16.2. The molecule has 0 atom stereocenters. The number of nitrogens with zero attached hydrogens (tertiary/aromatic N) is 2. The Morgan fingerprint density at radius 2 is 1.57 bits per heavy atom. The minimum Gasteiger partial charge on any atom is -0.454 e. The van der Waals surface area contributed by atoms with Gasteiger partial charge >= 0.3 is 6.01 Å². The summed E-state index contributed by atoms with van der Waals surface area (Å²) in [6.07, 6.45) is 0.205. The van der Waals surface area contributed by atoms with Crippen LogP contribution in [0.15, 0.2) is 77.2 Å². The van der Waals surface area contributed by atoms with Crippen LogP contribution < -0.4 is 14.8 Å². The van der Waals surface area contributed by atoms with Crippen molar-refractivity contribution in [3.63, 3.8) is 0 Å². The van der Waals surface area contributed by atoms with Crippen molar-refractivity contribution >= 4 is 11.9 Å². The van der Waals surface area contributed by atoms with Crippen molar-refractivity contribution in [2.24, 2.45) is 0 Å². The number of hydrogen-bond donors (Lipinski definition) is 1. The molecule has 1 aromatic heterocycles. The molecule has 1 aliphatic heterocycles. The molecule has 0 radical (unpaired) electrons. The van der Waals surface area contributed by atoms with Gasteiger partial charge in [-0.05, 0) is 34.9 Å². The first kappa shape index (κ1) is 17.9. The van der Waals surface area contributed by atoms with Crippen LogP contribution in [-0.4, -0.2) is 22.9 Å². The second-order valence-corrected chi connectivity index (χ2v) is 6.77. The standard InChI is InChI=1S/C23H17N3O4/c27-21(12-15-6-8-17(9-7-15)16-4-2-1-3-5-16)24-23-26-25-22(30-23)18-10-11-19-20(13-18)29-14-28-19/h1-11,13H,12,14H2,(H,24,26,27). The molecule has 0 bridgehead atoms. The van der Waals surface area contributed by atoms with Gasteiger partial charge in [0.1, 0.15) is 0 Å². The molecular formula is C23H17N3O4. The fraction of sp³-hybridized carbons (Fsp3) is 0.0870. The van der Waals surface area contributed by atoms with Gasteiger partial charge in [-0.15, -0.1) is 5.10 Å². The van der Waals surface area contributed by atoms with Crippen LogP contribution in [-0.2, 0) is 11.2 Å². The van der Waals surface area contributed by atoms with Crippen molar-refractivity contribution in [1.29, 1.82) is 0 Å². The Kier molecular flexibility index (Phi) is 4.61. The molecule has 3 aromatic carbocycles. The van der Waals surface area contributed by atoms with E-state index in [0.717, 1.165) is 16.7 Å². The number of carbonyl (C=O) groups is 1. The van der Waals surface area contributed by atoms with Crippen LogP contribution in [0.3, 0.4) is 0 Å². The summed E-state index contributed by atoms with van der Waals surface area (Å²) in [5.41, 5.74) is 3.81. The maximum absolute atomic E-state index is 12.4. The van der Waals surface area contributed by atoms with Gasteiger partial charge in [0, 0.05) is 5.56 Å². The number of amides is 1. The number of hydrogen-bond acceptors (Lipinski definition) is 6. The van der Waals surface area contributed by atoms with Crippen LogP contribution in [0.2, 0.25) is 0 Å². The van der Waals surface area contributed by atoms with Crippen LogP contribution in [0.4, 0.5) is 6.01 Å². The van der Waals surface area contributed by atoms with Gasteiger partial charge < -0.3 is 13.9 Å². The summed E-state index contributed by atoms with van der Waals surface area (Å²) in [6, 6.07) is 23.3. The Hall–Kier alpha value is -4.13. The third-order valence-corrected chi connectivity index (χ3v) is 4.72. The second-order valence-electron chi connectivity index (χ2n) is 6.77. The van der Waals surface area contributed by atoms with Gasteiger partial charge in [-0.25, -0.2) is 0 Å². The smallest absolute Gasteiger partial charge is 0.322 e. The Morgan fingerprint density at radius 1 is 0.833 bits per heavy atom. The molecule has 1 amide bonds. The van der Waals surface area contributed by atoms with Gasteiger partial charge in [-0.3, -0.25) is 10.1 Å². The van der Waals surface area contributed by atoms with E-state index in [0.29, 0.717) is 17.1 Å². The van der Waals surface area contributed by atoms with E-state index in [-0.39, 0.29) is 31.0 Å². The van der Waals surface area contributed by atoms with Gasteiger partial charge in [0.15, 0.2) is 11.5 Å².